The molecule has 1 spiro atoms. The third kappa shape index (κ3) is 0.748. The summed E-state index contributed by atoms with van der Waals surface area (Å²) in [5.74, 6) is -6.96. The lowest BCUT2D eigenvalue weighted by Crippen LogP contribution is -2.66. The summed E-state index contributed by atoms with van der Waals surface area (Å²) in [6, 6.07) is 0. The van der Waals surface area contributed by atoms with E-state index in [9.17, 15) is 14.2 Å². The van der Waals surface area contributed by atoms with Crippen molar-refractivity contribution in [2.24, 2.45) is 0 Å². The molecule has 1 atom stereocenters. The average Bonchev–Trinajstić information content (AvgIpc) is 2.60. The highest BCUT2D eigenvalue weighted by Gasteiger charge is 2.97. The highest BCUT2D eigenvalue weighted by atomic mass is 31.2. The van der Waals surface area contributed by atoms with Crippen molar-refractivity contribution in [3.8, 4) is 0 Å². The fourth-order valence-corrected chi connectivity index (χ4v) is 5.35. The lowest BCUT2D eigenvalue weighted by Gasteiger charge is -2.39. The van der Waals surface area contributed by atoms with E-state index in [0.717, 1.165) is 0 Å². The predicted octanol–water partition coefficient (Wildman–Crippen LogP) is -0.612. The van der Waals surface area contributed by atoms with E-state index >= 15 is 0 Å². The van der Waals surface area contributed by atoms with Crippen molar-refractivity contribution < 1.29 is 46.5 Å². The van der Waals surface area contributed by atoms with Gasteiger partial charge in [0, 0.05) is 0 Å². The van der Waals surface area contributed by atoms with Gasteiger partial charge in [0.1, 0.15) is 6.61 Å². The van der Waals surface area contributed by atoms with Gasteiger partial charge in [0.2, 0.25) is 0 Å². The molecule has 6 heterocycles. The number of hydrogen-bond acceptors (Lipinski definition) is 10. The molecule has 6 aliphatic rings. The van der Waals surface area contributed by atoms with Crippen LogP contribution >= 0.6 is 15.6 Å². The molecule has 1 unspecified atom stereocenters. The second kappa shape index (κ2) is 2.19. The number of aliphatic hydroxyl groups is 2. The van der Waals surface area contributed by atoms with Crippen molar-refractivity contribution >= 4 is 15.6 Å². The van der Waals surface area contributed by atoms with Crippen LogP contribution in [0, 0.1) is 0 Å². The fraction of sp³-hybridized carbons (Fsp3) is 1.00. The Morgan fingerprint density at radius 2 is 1.44 bits per heavy atom. The predicted molar refractivity (Wildman–Crippen MR) is 39.2 cm³/mol. The van der Waals surface area contributed by atoms with Crippen LogP contribution in [0.15, 0.2) is 0 Å². The van der Waals surface area contributed by atoms with E-state index in [1.54, 1.807) is 0 Å². The maximum atomic E-state index is 11.4. The number of phosphoric acid groups is 2. The third-order valence-electron chi connectivity index (χ3n) is 2.60. The second-order valence-electron chi connectivity index (χ2n) is 3.55. The van der Waals surface area contributed by atoms with Crippen LogP contribution in [0.4, 0.5) is 0 Å². The quantitative estimate of drug-likeness (QED) is 0.597. The maximum Gasteiger partial charge on any atom is 0.486 e. The van der Waals surface area contributed by atoms with Crippen LogP contribution in [-0.4, -0.2) is 34.4 Å². The van der Waals surface area contributed by atoms with Crippen LogP contribution in [0.3, 0.4) is 0 Å². The molecule has 6 aliphatic heterocycles. The first-order valence-corrected chi connectivity index (χ1v) is 7.00. The molecule has 0 radical (unpaired) electrons. The minimum absolute atomic E-state index is 0.855. The summed E-state index contributed by atoms with van der Waals surface area (Å²) in [4.78, 5) is 0. The molecule has 4 bridgehead atoms. The zero-order valence-corrected chi connectivity index (χ0v) is 9.05. The average molecular weight is 274 g/mol. The molecule has 90 valence electrons. The topological polar surface area (TPSA) is 130 Å². The van der Waals surface area contributed by atoms with Crippen molar-refractivity contribution in [3.63, 3.8) is 0 Å². The molecule has 0 saturated carbocycles. The summed E-state index contributed by atoms with van der Waals surface area (Å²) < 4.78 is 50.7. The number of rotatable bonds is 1. The minimum Gasteiger partial charge on any atom is -0.390 e. The number of phosphoric ester groups is 2. The standard InChI is InChI=1S/C4H4O10P2/c5-1-2-3(11-15(7,9-2)10-2)4(6)13-16(8,12-3)14-4/h5-6H,1H2. The van der Waals surface area contributed by atoms with Crippen LogP contribution in [0.5, 0.6) is 0 Å². The van der Waals surface area contributed by atoms with Crippen LogP contribution < -0.4 is 0 Å². The van der Waals surface area contributed by atoms with Gasteiger partial charge in [-0.3, -0.25) is 0 Å². The first kappa shape index (κ1) is 10.1. The van der Waals surface area contributed by atoms with E-state index in [1.165, 1.54) is 0 Å². The van der Waals surface area contributed by atoms with Gasteiger partial charge in [-0.25, -0.2) is 36.3 Å². The Morgan fingerprint density at radius 3 is 1.81 bits per heavy atom. The Hall–Kier alpha value is 0.140. The van der Waals surface area contributed by atoms with Crippen molar-refractivity contribution in [2.45, 2.75) is 17.5 Å². The number of aliphatic hydroxyl groups excluding tert-OH is 1. The van der Waals surface area contributed by atoms with Gasteiger partial charge in [0.15, 0.2) is 0 Å². The highest BCUT2D eigenvalue weighted by molar-refractivity contribution is 7.51. The SMILES string of the molecule is O=P12OC(O)(O1)C1(O2)OP2(=O)OC1(CO)O2. The molecule has 6 rings (SSSR count). The molecule has 10 nitrogen and oxygen atoms in total. The summed E-state index contributed by atoms with van der Waals surface area (Å²) >= 11 is 0. The van der Waals surface area contributed by atoms with E-state index in [1.807, 2.05) is 0 Å². The van der Waals surface area contributed by atoms with Crippen LogP contribution in [0.2, 0.25) is 0 Å². The lowest BCUT2D eigenvalue weighted by atomic mass is 10.1. The van der Waals surface area contributed by atoms with Crippen molar-refractivity contribution in [1.29, 1.82) is 0 Å². The summed E-state index contributed by atoms with van der Waals surface area (Å²) in [5, 5.41) is 18.8. The molecule has 2 N–H and O–H groups in total. The zero-order valence-electron chi connectivity index (χ0n) is 7.26. The molecule has 0 aliphatic carbocycles. The molecular formula is C4H4O10P2. The van der Waals surface area contributed by atoms with Crippen LogP contribution in [0.1, 0.15) is 0 Å². The molecule has 6 saturated heterocycles. The van der Waals surface area contributed by atoms with E-state index in [2.05, 4.69) is 9.05 Å². The molecule has 0 aromatic heterocycles. The Balaban J connectivity index is 1.90. The van der Waals surface area contributed by atoms with Gasteiger partial charge in [0.25, 0.3) is 5.79 Å². The molecule has 0 aromatic carbocycles. The van der Waals surface area contributed by atoms with Gasteiger partial charge in [0.05, 0.1) is 0 Å². The Labute approximate surface area is 87.2 Å². The van der Waals surface area contributed by atoms with Crippen LogP contribution in [0.25, 0.3) is 0 Å². The summed E-state index contributed by atoms with van der Waals surface area (Å²) in [6.07, 6.45) is 0. The molecule has 12 heteroatoms. The summed E-state index contributed by atoms with van der Waals surface area (Å²) in [5.41, 5.74) is 0. The molecule has 0 aromatic rings. The van der Waals surface area contributed by atoms with E-state index in [4.69, 9.17) is 23.2 Å². The highest BCUT2D eigenvalue weighted by Crippen LogP contribution is 2.89. The summed E-state index contributed by atoms with van der Waals surface area (Å²) in [7, 11) is -7.85. The molecule has 6 fully saturated rings. The summed E-state index contributed by atoms with van der Waals surface area (Å²) in [6.45, 7) is -0.855. The first-order valence-electron chi connectivity index (χ1n) is 4.08. The van der Waals surface area contributed by atoms with Gasteiger partial charge < -0.3 is 10.2 Å². The second-order valence-corrected chi connectivity index (χ2v) is 6.44. The fourth-order valence-electron chi connectivity index (χ4n) is 1.98. The van der Waals surface area contributed by atoms with E-state index in [-0.39, 0.29) is 0 Å². The van der Waals surface area contributed by atoms with Crippen molar-refractivity contribution in [1.82, 2.24) is 0 Å². The third-order valence-corrected chi connectivity index (χ3v) is 5.54. The monoisotopic (exact) mass is 274 g/mol. The smallest absolute Gasteiger partial charge is 0.390 e. The largest absolute Gasteiger partial charge is 0.486 e. The molecular weight excluding hydrogens is 270 g/mol. The Bertz CT molecular complexity index is 475. The van der Waals surface area contributed by atoms with Gasteiger partial charge >= 0.3 is 27.4 Å². The normalized spacial score (nSPS) is 70.4. The van der Waals surface area contributed by atoms with Gasteiger partial charge in [-0.1, -0.05) is 0 Å². The number of hydrogen-bond donors (Lipinski definition) is 2. The van der Waals surface area contributed by atoms with Crippen molar-refractivity contribution in [3.05, 3.63) is 0 Å². The van der Waals surface area contributed by atoms with Gasteiger partial charge in [-0.2, -0.15) is 0 Å². The van der Waals surface area contributed by atoms with Gasteiger partial charge in [-0.15, -0.1) is 0 Å². The minimum atomic E-state index is -3.94. The first-order chi connectivity index (χ1) is 7.30. The maximum absolute atomic E-state index is 11.4. The molecule has 0 amide bonds. The van der Waals surface area contributed by atoms with Gasteiger partial charge in [-0.05, 0) is 0 Å². The Morgan fingerprint density at radius 1 is 0.938 bits per heavy atom. The Kier molecular flexibility index (Phi) is 1.39. The zero-order chi connectivity index (χ0) is 11.4. The van der Waals surface area contributed by atoms with E-state index < -0.39 is 39.8 Å². The molecule has 16 heavy (non-hydrogen) atoms. The van der Waals surface area contributed by atoms with Crippen molar-refractivity contribution in [2.75, 3.05) is 6.61 Å². The lowest BCUT2D eigenvalue weighted by molar-refractivity contribution is -0.422. The van der Waals surface area contributed by atoms with Crippen LogP contribution in [-0.2, 0) is 36.3 Å². The van der Waals surface area contributed by atoms with E-state index in [0.29, 0.717) is 0 Å².